The van der Waals surface area contributed by atoms with Crippen molar-refractivity contribution in [2.45, 2.75) is 43.5 Å². The van der Waals surface area contributed by atoms with E-state index in [9.17, 15) is 35.4 Å². The van der Waals surface area contributed by atoms with E-state index < -0.39 is 35.8 Å². The summed E-state index contributed by atoms with van der Waals surface area (Å²) in [6.45, 7) is 0. The van der Waals surface area contributed by atoms with Gasteiger partial charge in [-0.15, -0.1) is 0 Å². The molecule has 1 aliphatic heterocycles. The van der Waals surface area contributed by atoms with Crippen molar-refractivity contribution in [3.05, 3.63) is 113 Å². The fourth-order valence-corrected chi connectivity index (χ4v) is 5.63. The minimum absolute atomic E-state index is 0.00129. The lowest BCUT2D eigenvalue weighted by molar-refractivity contribution is -0.133. The third-order valence-corrected chi connectivity index (χ3v) is 7.93. The van der Waals surface area contributed by atoms with Crippen molar-refractivity contribution in [1.29, 1.82) is 0 Å². The molecule has 0 amide bonds. The Morgan fingerprint density at radius 2 is 1.48 bits per heavy atom. The van der Waals surface area contributed by atoms with Gasteiger partial charge < -0.3 is 40.1 Å². The largest absolute Gasteiger partial charge is 0.508 e. The number of benzene rings is 4. The van der Waals surface area contributed by atoms with Crippen LogP contribution in [-0.2, 0) is 11.2 Å². The summed E-state index contributed by atoms with van der Waals surface area (Å²) in [6.07, 6.45) is 1.60. The number of carbonyl (C=O) groups excluding carboxylic acids is 1. The molecule has 44 heavy (non-hydrogen) atoms. The average molecular weight is 599 g/mol. The molecule has 0 radical (unpaired) electrons. The number of hydrogen-bond acceptors (Lipinski definition) is 9. The van der Waals surface area contributed by atoms with Crippen LogP contribution in [0.15, 0.2) is 84.9 Å². The molecule has 0 saturated carbocycles. The van der Waals surface area contributed by atoms with Crippen molar-refractivity contribution in [3.63, 3.8) is 0 Å². The van der Waals surface area contributed by atoms with Gasteiger partial charge in [-0.2, -0.15) is 0 Å². The number of allylic oxidation sites excluding steroid dienone is 1. The molecule has 4 aromatic carbocycles. The first-order valence-corrected chi connectivity index (χ1v) is 14.2. The molecule has 0 aromatic heterocycles. The normalized spacial score (nSPS) is 20.0. The van der Waals surface area contributed by atoms with Crippen molar-refractivity contribution >= 4 is 11.9 Å². The molecule has 1 fully saturated rings. The van der Waals surface area contributed by atoms with Gasteiger partial charge in [0.15, 0.2) is 5.78 Å². The number of methoxy groups -OCH3 is 1. The van der Waals surface area contributed by atoms with Crippen LogP contribution in [0.4, 0.5) is 0 Å². The van der Waals surface area contributed by atoms with Crippen LogP contribution in [0, 0.1) is 0 Å². The predicted octanol–water partition coefficient (Wildman–Crippen LogP) is 5.73. The zero-order chi connectivity index (χ0) is 31.4. The van der Waals surface area contributed by atoms with Gasteiger partial charge in [-0.3, -0.25) is 4.79 Å². The van der Waals surface area contributed by atoms with Gasteiger partial charge in [0, 0.05) is 17.5 Å². The van der Waals surface area contributed by atoms with E-state index in [2.05, 4.69) is 0 Å². The molecule has 9 nitrogen and oxygen atoms in total. The number of ether oxygens (including phenoxy) is 2. The highest BCUT2D eigenvalue weighted by Crippen LogP contribution is 2.50. The van der Waals surface area contributed by atoms with Crippen LogP contribution >= 0.6 is 0 Å². The highest BCUT2D eigenvalue weighted by atomic mass is 16.5. The van der Waals surface area contributed by atoms with E-state index in [-0.39, 0.29) is 46.3 Å². The van der Waals surface area contributed by atoms with Gasteiger partial charge in [0.1, 0.15) is 46.2 Å². The van der Waals surface area contributed by atoms with Crippen LogP contribution in [0.5, 0.6) is 34.5 Å². The monoisotopic (exact) mass is 598 g/mol. The van der Waals surface area contributed by atoms with Gasteiger partial charge in [0.05, 0.1) is 19.3 Å². The third kappa shape index (κ3) is 6.64. The van der Waals surface area contributed by atoms with Crippen LogP contribution in [-0.4, -0.2) is 55.7 Å². The average Bonchev–Trinajstić information content (AvgIpc) is 3.01. The lowest BCUT2D eigenvalue weighted by Gasteiger charge is -2.40. The molecule has 1 heterocycles. The predicted molar refractivity (Wildman–Crippen MR) is 163 cm³/mol. The Morgan fingerprint density at radius 1 is 0.886 bits per heavy atom. The molecule has 1 unspecified atom stereocenters. The molecular weight excluding hydrogens is 564 g/mol. The van der Waals surface area contributed by atoms with Crippen molar-refractivity contribution in [1.82, 2.24) is 0 Å². The molecule has 0 aliphatic carbocycles. The highest BCUT2D eigenvalue weighted by Gasteiger charge is 2.42. The summed E-state index contributed by atoms with van der Waals surface area (Å²) in [5.41, 5.74) is 2.04. The molecule has 0 spiro atoms. The molecule has 1 aliphatic rings. The van der Waals surface area contributed by atoms with E-state index in [4.69, 9.17) is 9.47 Å². The molecule has 228 valence electrons. The van der Waals surface area contributed by atoms with Crippen molar-refractivity contribution in [2.75, 3.05) is 7.11 Å². The number of phenolic OH excluding ortho intramolecular Hbond substituents is 5. The molecule has 4 aromatic rings. The quantitative estimate of drug-likeness (QED) is 0.105. The first-order chi connectivity index (χ1) is 21.1. The van der Waals surface area contributed by atoms with Crippen molar-refractivity contribution < 1.29 is 44.9 Å². The van der Waals surface area contributed by atoms with Gasteiger partial charge in [-0.25, -0.2) is 0 Å². The Labute approximate surface area is 254 Å². The first kappa shape index (κ1) is 30.5. The summed E-state index contributed by atoms with van der Waals surface area (Å²) in [6, 6.07) is 20.5. The van der Waals surface area contributed by atoms with Crippen LogP contribution in [0.2, 0.25) is 0 Å². The van der Waals surface area contributed by atoms with Crippen LogP contribution in [0.1, 0.15) is 57.5 Å². The number of carbonyl (C=O) groups is 1. The van der Waals surface area contributed by atoms with E-state index in [0.717, 1.165) is 5.56 Å². The minimum atomic E-state index is -1.23. The molecular formula is C35H34O9. The van der Waals surface area contributed by atoms with E-state index in [1.54, 1.807) is 36.4 Å². The summed E-state index contributed by atoms with van der Waals surface area (Å²) in [5, 5.41) is 63.3. The number of phenols is 5. The zero-order valence-electron chi connectivity index (χ0n) is 24.0. The summed E-state index contributed by atoms with van der Waals surface area (Å²) >= 11 is 0. The lowest BCUT2D eigenvalue weighted by atomic mass is 9.78. The topological polar surface area (TPSA) is 157 Å². The fourth-order valence-electron chi connectivity index (χ4n) is 5.63. The smallest absolute Gasteiger partial charge is 0.193 e. The molecule has 4 atom stereocenters. The Morgan fingerprint density at radius 3 is 2.09 bits per heavy atom. The van der Waals surface area contributed by atoms with Crippen molar-refractivity contribution in [2.24, 2.45) is 0 Å². The third-order valence-electron chi connectivity index (χ3n) is 7.93. The fraction of sp³-hybridized carbons (Fsp3) is 0.229. The number of aliphatic hydroxyl groups is 1. The maximum Gasteiger partial charge on any atom is 0.193 e. The Hall–Kier alpha value is -4.99. The second kappa shape index (κ2) is 13.1. The Kier molecular flexibility index (Phi) is 9.08. The summed E-state index contributed by atoms with van der Waals surface area (Å²) in [5.74, 6) is -2.02. The summed E-state index contributed by atoms with van der Waals surface area (Å²) in [7, 11) is 1.32. The lowest BCUT2D eigenvalue weighted by Crippen LogP contribution is -2.39. The van der Waals surface area contributed by atoms with Gasteiger partial charge in [0.2, 0.25) is 0 Å². The van der Waals surface area contributed by atoms with Gasteiger partial charge in [-0.1, -0.05) is 42.5 Å². The van der Waals surface area contributed by atoms with Gasteiger partial charge in [0.25, 0.3) is 0 Å². The van der Waals surface area contributed by atoms with Crippen LogP contribution in [0.25, 0.3) is 6.08 Å². The number of ketones is 1. The van der Waals surface area contributed by atoms with Crippen LogP contribution in [0.3, 0.4) is 0 Å². The maximum absolute atomic E-state index is 13.4. The number of hydrogen-bond donors (Lipinski definition) is 6. The SMILES string of the molecule is COc1cc(O)c([C@@H]2C[C@H](CCc3ccc(O)cc3)OC(c3ccc(O)cc3)[C@H]2O)c(O)c1C(=O)/C=C/c1ccc(O)cc1. The second-order valence-corrected chi connectivity index (χ2v) is 10.8. The second-order valence-electron chi connectivity index (χ2n) is 10.8. The summed E-state index contributed by atoms with van der Waals surface area (Å²) in [4.78, 5) is 13.4. The maximum atomic E-state index is 13.4. The molecule has 0 bridgehead atoms. The number of aromatic hydroxyl groups is 5. The summed E-state index contributed by atoms with van der Waals surface area (Å²) < 4.78 is 11.7. The number of aliphatic hydroxyl groups excluding tert-OH is 1. The Bertz CT molecular complexity index is 1630. The number of rotatable bonds is 9. The molecule has 9 heteroatoms. The van der Waals surface area contributed by atoms with E-state index in [1.807, 2.05) is 12.1 Å². The molecule has 5 rings (SSSR count). The van der Waals surface area contributed by atoms with Gasteiger partial charge >= 0.3 is 0 Å². The standard InChI is InChI=1S/C35H34O9/c1-43-30-19-29(40)31(34(42)32(30)28(39)17-7-21-4-12-24(37)13-5-21)27-18-26(16-6-20-2-10-23(36)11-3-20)44-35(33(27)41)22-8-14-25(38)15-9-22/h2-5,7-15,17,19,26-27,33,35-38,40-42H,6,16,18H2,1H3/b17-7+/t26-,27-,33-,35?/m0/s1. The minimum Gasteiger partial charge on any atom is -0.508 e. The Balaban J connectivity index is 1.51. The van der Waals surface area contributed by atoms with E-state index in [1.165, 1.54) is 49.6 Å². The molecule has 6 N–H and O–H groups in total. The van der Waals surface area contributed by atoms with Gasteiger partial charge in [-0.05, 0) is 78.4 Å². The first-order valence-electron chi connectivity index (χ1n) is 14.2. The van der Waals surface area contributed by atoms with Crippen LogP contribution < -0.4 is 4.74 Å². The van der Waals surface area contributed by atoms with E-state index in [0.29, 0.717) is 24.0 Å². The van der Waals surface area contributed by atoms with E-state index >= 15 is 0 Å². The zero-order valence-corrected chi connectivity index (χ0v) is 24.0. The van der Waals surface area contributed by atoms with Crippen molar-refractivity contribution in [3.8, 4) is 34.5 Å². The number of aryl methyl sites for hydroxylation is 1. The molecule has 1 saturated heterocycles. The highest BCUT2D eigenvalue weighted by molar-refractivity contribution is 6.11.